The number of ether oxygens (including phenoxy) is 1. The third kappa shape index (κ3) is 3.86. The molecule has 26 heavy (non-hydrogen) atoms. The van der Waals surface area contributed by atoms with Crippen LogP contribution in [0.2, 0.25) is 5.02 Å². The quantitative estimate of drug-likeness (QED) is 0.673. The van der Waals surface area contributed by atoms with E-state index in [1.165, 1.54) is 18.9 Å². The molecule has 0 saturated carbocycles. The van der Waals surface area contributed by atoms with Crippen molar-refractivity contribution in [3.05, 3.63) is 63.9 Å². The number of carbonyl (C=O) groups is 1. The van der Waals surface area contributed by atoms with Gasteiger partial charge in [0.1, 0.15) is 5.75 Å². The summed E-state index contributed by atoms with van der Waals surface area (Å²) in [6.07, 6.45) is 0. The van der Waals surface area contributed by atoms with Gasteiger partial charge in [-0.3, -0.25) is 9.59 Å². The Kier molecular flexibility index (Phi) is 5.54. The van der Waals surface area contributed by atoms with Crippen LogP contribution in [0.4, 0.5) is 5.69 Å². The van der Waals surface area contributed by atoms with E-state index in [1.54, 1.807) is 35.9 Å². The van der Waals surface area contributed by atoms with Crippen LogP contribution in [0.15, 0.2) is 58.2 Å². The number of rotatable bonds is 5. The van der Waals surface area contributed by atoms with Gasteiger partial charge in [0.05, 0.1) is 23.4 Å². The molecular formula is C19H17ClN2O3S. The molecule has 3 aromatic rings. The third-order valence-electron chi connectivity index (χ3n) is 3.91. The highest BCUT2D eigenvalue weighted by molar-refractivity contribution is 8.00. The number of hydrogen-bond acceptors (Lipinski definition) is 4. The van der Waals surface area contributed by atoms with Crippen molar-refractivity contribution in [2.24, 2.45) is 7.05 Å². The molecule has 134 valence electrons. The summed E-state index contributed by atoms with van der Waals surface area (Å²) in [7, 11) is 3.27. The van der Waals surface area contributed by atoms with Crippen LogP contribution in [-0.4, -0.2) is 23.3 Å². The minimum Gasteiger partial charge on any atom is -0.495 e. The first-order valence-corrected chi connectivity index (χ1v) is 9.21. The SMILES string of the molecule is COc1ccc(NC(=O)CSc2cc(=O)n(C)c3ccccc23)cc1Cl. The summed E-state index contributed by atoms with van der Waals surface area (Å²) in [6.45, 7) is 0. The minimum absolute atomic E-state index is 0.103. The molecule has 0 fully saturated rings. The molecule has 0 radical (unpaired) electrons. The highest BCUT2D eigenvalue weighted by Gasteiger charge is 2.10. The van der Waals surface area contributed by atoms with E-state index in [0.717, 1.165) is 15.8 Å². The van der Waals surface area contributed by atoms with Crippen LogP contribution in [0, 0.1) is 0 Å². The number of aromatic nitrogens is 1. The number of nitrogens with zero attached hydrogens (tertiary/aromatic N) is 1. The van der Waals surface area contributed by atoms with Crippen molar-refractivity contribution in [1.82, 2.24) is 4.57 Å². The van der Waals surface area contributed by atoms with E-state index < -0.39 is 0 Å². The van der Waals surface area contributed by atoms with Crippen LogP contribution >= 0.6 is 23.4 Å². The third-order valence-corrected chi connectivity index (χ3v) is 5.26. The van der Waals surface area contributed by atoms with Gasteiger partial charge in [-0.2, -0.15) is 0 Å². The number of pyridine rings is 1. The lowest BCUT2D eigenvalue weighted by Crippen LogP contribution is -2.17. The van der Waals surface area contributed by atoms with Gasteiger partial charge in [0.15, 0.2) is 0 Å². The summed E-state index contributed by atoms with van der Waals surface area (Å²) in [5.74, 6) is 0.549. The zero-order valence-corrected chi connectivity index (χ0v) is 15.9. The summed E-state index contributed by atoms with van der Waals surface area (Å²) < 4.78 is 6.69. The van der Waals surface area contributed by atoms with Gasteiger partial charge in [-0.25, -0.2) is 0 Å². The van der Waals surface area contributed by atoms with Crippen LogP contribution in [-0.2, 0) is 11.8 Å². The predicted molar refractivity (Wildman–Crippen MR) is 107 cm³/mol. The molecule has 3 rings (SSSR count). The van der Waals surface area contributed by atoms with Crippen molar-refractivity contribution in [1.29, 1.82) is 0 Å². The molecule has 2 aromatic carbocycles. The summed E-state index contributed by atoms with van der Waals surface area (Å²) in [5, 5.41) is 4.17. The van der Waals surface area contributed by atoms with Gasteiger partial charge in [0, 0.05) is 29.1 Å². The maximum Gasteiger partial charge on any atom is 0.251 e. The molecule has 0 aliphatic rings. The van der Waals surface area contributed by atoms with Gasteiger partial charge >= 0.3 is 0 Å². The fraction of sp³-hybridized carbons (Fsp3) is 0.158. The first-order valence-electron chi connectivity index (χ1n) is 7.84. The molecule has 0 atom stereocenters. The lowest BCUT2D eigenvalue weighted by Gasteiger charge is -2.10. The van der Waals surface area contributed by atoms with Gasteiger partial charge in [0.25, 0.3) is 5.56 Å². The van der Waals surface area contributed by atoms with Crippen LogP contribution < -0.4 is 15.6 Å². The summed E-state index contributed by atoms with van der Waals surface area (Å²) >= 11 is 7.39. The number of para-hydroxylation sites is 1. The molecule has 1 amide bonds. The number of hydrogen-bond donors (Lipinski definition) is 1. The van der Waals surface area contributed by atoms with Crippen molar-refractivity contribution >= 4 is 45.9 Å². The monoisotopic (exact) mass is 388 g/mol. The van der Waals surface area contributed by atoms with E-state index in [4.69, 9.17) is 16.3 Å². The standard InChI is InChI=1S/C19H17ClN2O3S/c1-22-15-6-4-3-5-13(15)17(10-19(22)24)26-11-18(23)21-12-7-8-16(25-2)14(20)9-12/h3-10H,11H2,1-2H3,(H,21,23). The normalized spacial score (nSPS) is 10.7. The molecular weight excluding hydrogens is 372 g/mol. The van der Waals surface area contributed by atoms with E-state index >= 15 is 0 Å². The van der Waals surface area contributed by atoms with Gasteiger partial charge < -0.3 is 14.6 Å². The summed E-state index contributed by atoms with van der Waals surface area (Å²) in [6, 6.07) is 14.2. The number of halogens is 1. The number of thioether (sulfide) groups is 1. The molecule has 7 heteroatoms. The molecule has 0 spiro atoms. The van der Waals surface area contributed by atoms with Gasteiger partial charge in [-0.1, -0.05) is 29.8 Å². The van der Waals surface area contributed by atoms with Gasteiger partial charge in [-0.15, -0.1) is 11.8 Å². The van der Waals surface area contributed by atoms with Crippen LogP contribution in [0.5, 0.6) is 5.75 Å². The number of carbonyl (C=O) groups excluding carboxylic acids is 1. The Bertz CT molecular complexity index is 1030. The van der Waals surface area contributed by atoms with Gasteiger partial charge in [0.2, 0.25) is 5.91 Å². The number of nitrogens with one attached hydrogen (secondary N) is 1. The highest BCUT2D eigenvalue weighted by atomic mass is 35.5. The molecule has 0 aliphatic carbocycles. The van der Waals surface area contributed by atoms with E-state index in [-0.39, 0.29) is 17.2 Å². The molecule has 0 saturated heterocycles. The average molecular weight is 389 g/mol. The summed E-state index contributed by atoms with van der Waals surface area (Å²) in [4.78, 5) is 25.1. The predicted octanol–water partition coefficient (Wildman–Crippen LogP) is 3.93. The summed E-state index contributed by atoms with van der Waals surface area (Å²) in [5.41, 5.74) is 1.33. The number of aryl methyl sites for hydroxylation is 1. The maximum atomic E-state index is 12.2. The first-order chi connectivity index (χ1) is 12.5. The molecule has 5 nitrogen and oxygen atoms in total. The number of fused-ring (bicyclic) bond motifs is 1. The molecule has 0 unspecified atom stereocenters. The Hall–Kier alpha value is -2.44. The number of benzene rings is 2. The van der Waals surface area contributed by atoms with E-state index in [2.05, 4.69) is 5.32 Å². The Balaban J connectivity index is 1.74. The van der Waals surface area contributed by atoms with Crippen molar-refractivity contribution < 1.29 is 9.53 Å². The minimum atomic E-state index is -0.180. The van der Waals surface area contributed by atoms with E-state index in [0.29, 0.717) is 16.5 Å². The molecule has 0 bridgehead atoms. The number of anilines is 1. The Morgan fingerprint density at radius 1 is 1.23 bits per heavy atom. The molecule has 0 aliphatic heterocycles. The van der Waals surface area contributed by atoms with Crippen LogP contribution in [0.1, 0.15) is 0 Å². The highest BCUT2D eigenvalue weighted by Crippen LogP contribution is 2.28. The molecule has 1 heterocycles. The van der Waals surface area contributed by atoms with Gasteiger partial charge in [-0.05, 0) is 24.3 Å². The average Bonchev–Trinajstić information content (AvgIpc) is 2.64. The Labute approximate surface area is 159 Å². The Morgan fingerprint density at radius 2 is 2.00 bits per heavy atom. The van der Waals surface area contributed by atoms with Crippen molar-refractivity contribution in [3.63, 3.8) is 0 Å². The fourth-order valence-electron chi connectivity index (χ4n) is 2.58. The molecule has 1 N–H and O–H groups in total. The number of methoxy groups -OCH3 is 1. The molecule has 1 aromatic heterocycles. The smallest absolute Gasteiger partial charge is 0.251 e. The zero-order valence-electron chi connectivity index (χ0n) is 14.3. The second-order valence-electron chi connectivity index (χ2n) is 5.61. The van der Waals surface area contributed by atoms with E-state index in [9.17, 15) is 9.59 Å². The van der Waals surface area contributed by atoms with Crippen LogP contribution in [0.3, 0.4) is 0 Å². The first kappa shape index (κ1) is 18.4. The second kappa shape index (κ2) is 7.85. The lowest BCUT2D eigenvalue weighted by molar-refractivity contribution is -0.113. The van der Waals surface area contributed by atoms with Crippen molar-refractivity contribution in [2.75, 3.05) is 18.2 Å². The second-order valence-corrected chi connectivity index (χ2v) is 7.03. The number of amides is 1. The van der Waals surface area contributed by atoms with Crippen molar-refractivity contribution in [3.8, 4) is 5.75 Å². The van der Waals surface area contributed by atoms with Crippen molar-refractivity contribution in [2.45, 2.75) is 4.90 Å². The maximum absolute atomic E-state index is 12.2. The zero-order chi connectivity index (χ0) is 18.7. The van der Waals surface area contributed by atoms with E-state index in [1.807, 2.05) is 24.3 Å². The Morgan fingerprint density at radius 3 is 2.73 bits per heavy atom. The fourth-order valence-corrected chi connectivity index (χ4v) is 3.71. The lowest BCUT2D eigenvalue weighted by atomic mass is 10.2. The van der Waals surface area contributed by atoms with Crippen LogP contribution in [0.25, 0.3) is 10.9 Å². The largest absolute Gasteiger partial charge is 0.495 e. The topological polar surface area (TPSA) is 60.3 Å².